The molecule has 0 unspecified atom stereocenters. The molecule has 1 N–H and O–H groups in total. The van der Waals surface area contributed by atoms with Crippen molar-refractivity contribution in [3.8, 4) is 0 Å². The molecule has 1 aromatic carbocycles. The van der Waals surface area contributed by atoms with Crippen molar-refractivity contribution < 1.29 is 19.2 Å². The van der Waals surface area contributed by atoms with E-state index in [9.17, 15) is 19.7 Å². The Bertz CT molecular complexity index is 668. The molecule has 8 nitrogen and oxygen atoms in total. The third-order valence-corrected chi connectivity index (χ3v) is 4.24. The van der Waals surface area contributed by atoms with Crippen LogP contribution < -0.4 is 10.2 Å². The standard InChI is InChI=1S/C17H23N3O5/c1-11(16(21)18-13-6-4-5-7-13)25-17(22)12-8-9-14(19(2)3)15(10-12)20(23)24/h8-11,13H,4-7H2,1-3H3,(H,18,21)/t11-/m1/s1. The summed E-state index contributed by atoms with van der Waals surface area (Å²) in [5.74, 6) is -1.11. The number of nitrogens with one attached hydrogen (secondary N) is 1. The summed E-state index contributed by atoms with van der Waals surface area (Å²) in [5, 5.41) is 14.0. The van der Waals surface area contributed by atoms with Crippen LogP contribution in [0.3, 0.4) is 0 Å². The molecule has 1 atom stereocenters. The van der Waals surface area contributed by atoms with E-state index < -0.39 is 17.0 Å². The zero-order chi connectivity index (χ0) is 18.6. The topological polar surface area (TPSA) is 102 Å². The summed E-state index contributed by atoms with van der Waals surface area (Å²) in [7, 11) is 3.35. The maximum Gasteiger partial charge on any atom is 0.339 e. The van der Waals surface area contributed by atoms with Crippen LogP contribution in [-0.4, -0.2) is 43.0 Å². The summed E-state index contributed by atoms with van der Waals surface area (Å²) in [6.07, 6.45) is 3.08. The SMILES string of the molecule is C[C@@H](OC(=O)c1ccc(N(C)C)c([N+](=O)[O-])c1)C(=O)NC1CCCC1. The average molecular weight is 349 g/mol. The molecule has 1 amide bonds. The Balaban J connectivity index is 2.05. The monoisotopic (exact) mass is 349 g/mol. The first-order valence-corrected chi connectivity index (χ1v) is 8.26. The van der Waals surface area contributed by atoms with Crippen molar-refractivity contribution in [1.82, 2.24) is 5.32 Å². The largest absolute Gasteiger partial charge is 0.449 e. The van der Waals surface area contributed by atoms with Crippen LogP contribution in [0.2, 0.25) is 0 Å². The number of carbonyl (C=O) groups excluding carboxylic acids is 2. The molecule has 8 heteroatoms. The summed E-state index contributed by atoms with van der Waals surface area (Å²) in [4.78, 5) is 36.5. The Morgan fingerprint density at radius 3 is 2.52 bits per heavy atom. The second-order valence-corrected chi connectivity index (χ2v) is 6.39. The molecule has 136 valence electrons. The minimum atomic E-state index is -0.958. The Labute approximate surface area is 146 Å². The highest BCUT2D eigenvalue weighted by Crippen LogP contribution is 2.28. The predicted octanol–water partition coefficient (Wildman–Crippen LogP) is 2.26. The number of nitrogens with zero attached hydrogens (tertiary/aromatic N) is 2. The van der Waals surface area contributed by atoms with Crippen molar-refractivity contribution in [2.75, 3.05) is 19.0 Å². The lowest BCUT2D eigenvalue weighted by Crippen LogP contribution is -2.40. The molecule has 0 aromatic heterocycles. The summed E-state index contributed by atoms with van der Waals surface area (Å²) in [6, 6.07) is 4.23. The molecule has 25 heavy (non-hydrogen) atoms. The number of hydrogen-bond acceptors (Lipinski definition) is 6. The number of anilines is 1. The van der Waals surface area contributed by atoms with E-state index in [2.05, 4.69) is 5.32 Å². The van der Waals surface area contributed by atoms with Crippen LogP contribution in [0.1, 0.15) is 43.0 Å². The Kier molecular flexibility index (Phi) is 5.95. The minimum absolute atomic E-state index is 0.0396. The molecular weight excluding hydrogens is 326 g/mol. The van der Waals surface area contributed by atoms with Gasteiger partial charge in [0, 0.05) is 26.2 Å². The molecule has 0 spiro atoms. The smallest absolute Gasteiger partial charge is 0.339 e. The fourth-order valence-corrected chi connectivity index (χ4v) is 2.85. The Hall–Kier alpha value is -2.64. The minimum Gasteiger partial charge on any atom is -0.449 e. The molecule has 0 heterocycles. The summed E-state index contributed by atoms with van der Waals surface area (Å²) in [6.45, 7) is 1.49. The van der Waals surface area contributed by atoms with Crippen molar-refractivity contribution in [2.24, 2.45) is 0 Å². The van der Waals surface area contributed by atoms with Crippen LogP contribution in [-0.2, 0) is 9.53 Å². The highest BCUT2D eigenvalue weighted by molar-refractivity contribution is 5.93. The van der Waals surface area contributed by atoms with Gasteiger partial charge in [-0.2, -0.15) is 0 Å². The summed E-state index contributed by atoms with van der Waals surface area (Å²) in [5.41, 5.74) is 0.230. The molecule has 1 aliphatic carbocycles. The van der Waals surface area contributed by atoms with Crippen LogP contribution in [0, 0.1) is 10.1 Å². The van der Waals surface area contributed by atoms with E-state index in [1.54, 1.807) is 19.0 Å². The predicted molar refractivity (Wildman–Crippen MR) is 92.7 cm³/mol. The normalized spacial score (nSPS) is 15.5. The fourth-order valence-electron chi connectivity index (χ4n) is 2.85. The van der Waals surface area contributed by atoms with Gasteiger partial charge in [0.25, 0.3) is 11.6 Å². The van der Waals surface area contributed by atoms with Gasteiger partial charge in [-0.05, 0) is 31.9 Å². The third kappa shape index (κ3) is 4.68. The number of esters is 1. The van der Waals surface area contributed by atoms with Gasteiger partial charge in [0.1, 0.15) is 5.69 Å². The lowest BCUT2D eigenvalue weighted by Gasteiger charge is -2.17. The first-order chi connectivity index (χ1) is 11.8. The van der Waals surface area contributed by atoms with Gasteiger partial charge in [-0.25, -0.2) is 4.79 Å². The number of nitro groups is 1. The quantitative estimate of drug-likeness (QED) is 0.480. The van der Waals surface area contributed by atoms with E-state index in [-0.39, 0.29) is 23.2 Å². The van der Waals surface area contributed by atoms with Gasteiger partial charge in [0.2, 0.25) is 0 Å². The van der Waals surface area contributed by atoms with E-state index in [4.69, 9.17) is 4.74 Å². The molecule has 1 aromatic rings. The number of ether oxygens (including phenoxy) is 1. The fraction of sp³-hybridized carbons (Fsp3) is 0.529. The lowest BCUT2D eigenvalue weighted by molar-refractivity contribution is -0.384. The van der Waals surface area contributed by atoms with Gasteiger partial charge < -0.3 is 15.0 Å². The van der Waals surface area contributed by atoms with Crippen molar-refractivity contribution in [2.45, 2.75) is 44.8 Å². The van der Waals surface area contributed by atoms with Gasteiger partial charge in [-0.3, -0.25) is 14.9 Å². The van der Waals surface area contributed by atoms with E-state index in [1.807, 2.05) is 0 Å². The van der Waals surface area contributed by atoms with Crippen LogP contribution in [0.25, 0.3) is 0 Å². The molecule has 2 rings (SSSR count). The van der Waals surface area contributed by atoms with Crippen LogP contribution in [0.4, 0.5) is 11.4 Å². The number of amides is 1. The summed E-state index contributed by atoms with van der Waals surface area (Å²) >= 11 is 0. The number of nitro benzene ring substituents is 1. The summed E-state index contributed by atoms with van der Waals surface area (Å²) < 4.78 is 5.16. The number of carbonyl (C=O) groups is 2. The van der Waals surface area contributed by atoms with Gasteiger partial charge in [-0.1, -0.05) is 12.8 Å². The first kappa shape index (κ1) is 18.7. The zero-order valence-electron chi connectivity index (χ0n) is 14.7. The van der Waals surface area contributed by atoms with Crippen LogP contribution in [0.15, 0.2) is 18.2 Å². The maximum absolute atomic E-state index is 12.2. The molecule has 0 aliphatic heterocycles. The lowest BCUT2D eigenvalue weighted by atomic mass is 10.1. The third-order valence-electron chi connectivity index (χ3n) is 4.24. The Morgan fingerprint density at radius 2 is 1.96 bits per heavy atom. The molecular formula is C17H23N3O5. The van der Waals surface area contributed by atoms with Gasteiger partial charge in [0.05, 0.1) is 10.5 Å². The maximum atomic E-state index is 12.2. The second-order valence-electron chi connectivity index (χ2n) is 6.39. The zero-order valence-corrected chi connectivity index (χ0v) is 14.7. The van der Waals surface area contributed by atoms with Crippen molar-refractivity contribution in [1.29, 1.82) is 0 Å². The van der Waals surface area contributed by atoms with Crippen molar-refractivity contribution >= 4 is 23.3 Å². The number of hydrogen-bond donors (Lipinski definition) is 1. The van der Waals surface area contributed by atoms with E-state index in [1.165, 1.54) is 25.1 Å². The number of benzene rings is 1. The van der Waals surface area contributed by atoms with Gasteiger partial charge >= 0.3 is 5.97 Å². The van der Waals surface area contributed by atoms with Gasteiger partial charge in [0.15, 0.2) is 6.10 Å². The van der Waals surface area contributed by atoms with Crippen LogP contribution in [0.5, 0.6) is 0 Å². The highest BCUT2D eigenvalue weighted by atomic mass is 16.6. The van der Waals surface area contributed by atoms with Crippen molar-refractivity contribution in [3.63, 3.8) is 0 Å². The molecule has 0 bridgehead atoms. The first-order valence-electron chi connectivity index (χ1n) is 8.26. The molecule has 0 saturated heterocycles. The molecule has 1 aliphatic rings. The highest BCUT2D eigenvalue weighted by Gasteiger charge is 2.25. The average Bonchev–Trinajstić information content (AvgIpc) is 3.06. The molecule has 1 saturated carbocycles. The molecule has 0 radical (unpaired) electrons. The van der Waals surface area contributed by atoms with Crippen LogP contribution >= 0.6 is 0 Å². The van der Waals surface area contributed by atoms with Gasteiger partial charge in [-0.15, -0.1) is 0 Å². The van der Waals surface area contributed by atoms with E-state index in [0.717, 1.165) is 25.7 Å². The molecule has 1 fully saturated rings. The number of rotatable bonds is 6. The Morgan fingerprint density at radius 1 is 1.32 bits per heavy atom. The van der Waals surface area contributed by atoms with E-state index in [0.29, 0.717) is 5.69 Å². The second kappa shape index (κ2) is 7.96. The van der Waals surface area contributed by atoms with E-state index >= 15 is 0 Å². The van der Waals surface area contributed by atoms with Crippen molar-refractivity contribution in [3.05, 3.63) is 33.9 Å².